The first-order valence-corrected chi connectivity index (χ1v) is 9.15. The third-order valence-electron chi connectivity index (χ3n) is 5.15. The van der Waals surface area contributed by atoms with E-state index in [1.807, 2.05) is 26.0 Å². The van der Waals surface area contributed by atoms with E-state index in [-0.39, 0.29) is 24.3 Å². The number of carboxylic acids is 1. The number of thiophene rings is 1. The minimum Gasteiger partial charge on any atom is -0.481 e. The van der Waals surface area contributed by atoms with E-state index in [2.05, 4.69) is 5.32 Å². The molecule has 1 aromatic rings. The normalized spacial score (nSPS) is 26.7. The van der Waals surface area contributed by atoms with Gasteiger partial charge in [-0.25, -0.2) is 4.79 Å². The molecule has 2 bridgehead atoms. The highest BCUT2D eigenvalue weighted by molar-refractivity contribution is 7.16. The van der Waals surface area contributed by atoms with Gasteiger partial charge in [-0.15, -0.1) is 11.3 Å². The van der Waals surface area contributed by atoms with E-state index in [1.165, 1.54) is 11.3 Å². The second kappa shape index (κ2) is 6.63. The number of esters is 1. The van der Waals surface area contributed by atoms with Crippen LogP contribution in [0.25, 0.3) is 0 Å². The standard InChI is InChI=1S/C18H21NO5S/c1-4-24-18(23)12-8(2)9(3)25-16(12)19-15(20)13-10-5-6-11(7-10)14(13)17(21)22/h5-6,10-11,13-14H,4,7H2,1-3H3,(H,19,20)(H,21,22)/t10-,11-,13-,14+/m0/s1. The van der Waals surface area contributed by atoms with Gasteiger partial charge in [0.2, 0.25) is 5.91 Å². The van der Waals surface area contributed by atoms with Gasteiger partial charge in [-0.1, -0.05) is 12.2 Å². The van der Waals surface area contributed by atoms with Crippen molar-refractivity contribution in [3.05, 3.63) is 28.2 Å². The molecule has 0 spiro atoms. The summed E-state index contributed by atoms with van der Waals surface area (Å²) in [7, 11) is 0. The number of fused-ring (bicyclic) bond motifs is 2. The molecule has 4 atom stereocenters. The van der Waals surface area contributed by atoms with Crippen molar-refractivity contribution in [1.29, 1.82) is 0 Å². The molecule has 1 aromatic heterocycles. The zero-order valence-electron chi connectivity index (χ0n) is 14.4. The molecule has 134 valence electrons. The quantitative estimate of drug-likeness (QED) is 0.620. The summed E-state index contributed by atoms with van der Waals surface area (Å²) in [5, 5.41) is 12.7. The van der Waals surface area contributed by atoms with Gasteiger partial charge >= 0.3 is 11.9 Å². The highest BCUT2D eigenvalue weighted by Gasteiger charge is 2.51. The average molecular weight is 363 g/mol. The Morgan fingerprint density at radius 3 is 2.48 bits per heavy atom. The van der Waals surface area contributed by atoms with Crippen LogP contribution >= 0.6 is 11.3 Å². The van der Waals surface area contributed by atoms with E-state index in [0.717, 1.165) is 10.4 Å². The highest BCUT2D eigenvalue weighted by Crippen LogP contribution is 2.48. The highest BCUT2D eigenvalue weighted by atomic mass is 32.1. The van der Waals surface area contributed by atoms with Crippen molar-refractivity contribution >= 4 is 34.2 Å². The number of hydrogen-bond donors (Lipinski definition) is 2. The average Bonchev–Trinajstić information content (AvgIpc) is 3.21. The summed E-state index contributed by atoms with van der Waals surface area (Å²) < 4.78 is 5.09. The molecule has 0 saturated heterocycles. The second-order valence-electron chi connectivity index (χ2n) is 6.54. The van der Waals surface area contributed by atoms with Crippen molar-refractivity contribution in [2.75, 3.05) is 11.9 Å². The van der Waals surface area contributed by atoms with Gasteiger partial charge in [-0.3, -0.25) is 9.59 Å². The van der Waals surface area contributed by atoms with Gasteiger partial charge in [0, 0.05) is 4.88 Å². The molecule has 1 fully saturated rings. The largest absolute Gasteiger partial charge is 0.481 e. The van der Waals surface area contributed by atoms with Gasteiger partial charge in [-0.05, 0) is 44.6 Å². The Kier molecular flexibility index (Phi) is 4.69. The Balaban J connectivity index is 1.87. The van der Waals surface area contributed by atoms with Crippen LogP contribution in [0.15, 0.2) is 12.2 Å². The Morgan fingerprint density at radius 2 is 1.88 bits per heavy atom. The maximum atomic E-state index is 12.8. The van der Waals surface area contributed by atoms with Gasteiger partial charge in [0.15, 0.2) is 0 Å². The molecule has 0 aromatic carbocycles. The molecule has 3 rings (SSSR count). The number of carbonyl (C=O) groups excluding carboxylic acids is 2. The summed E-state index contributed by atoms with van der Waals surface area (Å²) in [6.45, 7) is 5.66. The lowest BCUT2D eigenvalue weighted by Crippen LogP contribution is -2.36. The lowest BCUT2D eigenvalue weighted by molar-refractivity contribution is -0.146. The SMILES string of the molecule is CCOC(=O)c1c(NC(=O)[C@@H]2[C@H](C(=O)O)[C@H]3C=C[C@H]2C3)sc(C)c1C. The molecular formula is C18H21NO5S. The summed E-state index contributed by atoms with van der Waals surface area (Å²) in [4.78, 5) is 37.6. The molecule has 6 nitrogen and oxygen atoms in total. The number of nitrogens with one attached hydrogen (secondary N) is 1. The fourth-order valence-corrected chi connectivity index (χ4v) is 4.93. The van der Waals surface area contributed by atoms with Gasteiger partial charge < -0.3 is 15.2 Å². The first-order chi connectivity index (χ1) is 11.8. The topological polar surface area (TPSA) is 92.7 Å². The number of hydrogen-bond acceptors (Lipinski definition) is 5. The van der Waals surface area contributed by atoms with E-state index in [9.17, 15) is 19.5 Å². The predicted octanol–water partition coefficient (Wildman–Crippen LogP) is 3.00. The van der Waals surface area contributed by atoms with Crippen molar-refractivity contribution in [1.82, 2.24) is 0 Å². The van der Waals surface area contributed by atoms with Crippen LogP contribution in [0, 0.1) is 37.5 Å². The van der Waals surface area contributed by atoms with Crippen LogP contribution in [-0.2, 0) is 14.3 Å². The van der Waals surface area contributed by atoms with E-state index >= 15 is 0 Å². The minimum atomic E-state index is -0.943. The molecule has 1 heterocycles. The molecule has 2 aliphatic rings. The molecule has 7 heteroatoms. The van der Waals surface area contributed by atoms with Crippen molar-refractivity contribution in [2.45, 2.75) is 27.2 Å². The number of carbonyl (C=O) groups is 3. The Labute approximate surface area is 149 Å². The molecule has 2 aliphatic carbocycles. The fourth-order valence-electron chi connectivity index (χ4n) is 3.88. The maximum Gasteiger partial charge on any atom is 0.341 e. The number of ether oxygens (including phenoxy) is 1. The van der Waals surface area contributed by atoms with Crippen LogP contribution in [0.4, 0.5) is 5.00 Å². The third-order valence-corrected chi connectivity index (χ3v) is 6.27. The monoisotopic (exact) mass is 363 g/mol. The number of rotatable bonds is 5. The van der Waals surface area contributed by atoms with Crippen LogP contribution in [0.2, 0.25) is 0 Å². The number of carboxylic acid groups (broad SMARTS) is 1. The second-order valence-corrected chi connectivity index (χ2v) is 7.76. The van der Waals surface area contributed by atoms with Crippen LogP contribution in [0.3, 0.4) is 0 Å². The number of allylic oxidation sites excluding steroid dienone is 2. The first kappa shape index (κ1) is 17.7. The number of aliphatic carboxylic acids is 1. The number of aryl methyl sites for hydroxylation is 1. The summed E-state index contributed by atoms with van der Waals surface area (Å²) >= 11 is 1.31. The Bertz CT molecular complexity index is 766. The van der Waals surface area contributed by atoms with Crippen molar-refractivity contribution < 1.29 is 24.2 Å². The van der Waals surface area contributed by atoms with Gasteiger partial charge in [0.25, 0.3) is 0 Å². The molecule has 1 saturated carbocycles. The minimum absolute atomic E-state index is 0.0562. The molecule has 0 aliphatic heterocycles. The summed E-state index contributed by atoms with van der Waals surface area (Å²) in [5.74, 6) is -3.21. The summed E-state index contributed by atoms with van der Waals surface area (Å²) in [6.07, 6.45) is 4.53. The molecule has 0 unspecified atom stereocenters. The number of anilines is 1. The van der Waals surface area contributed by atoms with Gasteiger partial charge in [-0.2, -0.15) is 0 Å². The molecular weight excluding hydrogens is 342 g/mol. The van der Waals surface area contributed by atoms with E-state index in [4.69, 9.17) is 4.74 Å². The zero-order valence-corrected chi connectivity index (χ0v) is 15.2. The smallest absolute Gasteiger partial charge is 0.341 e. The summed E-state index contributed by atoms with van der Waals surface area (Å²) in [5.41, 5.74) is 1.14. The molecule has 0 radical (unpaired) electrons. The van der Waals surface area contributed by atoms with E-state index in [0.29, 0.717) is 17.0 Å². The third kappa shape index (κ3) is 2.97. The van der Waals surface area contributed by atoms with Crippen LogP contribution in [0.5, 0.6) is 0 Å². The number of amides is 1. The fraction of sp³-hybridized carbons (Fsp3) is 0.500. The van der Waals surface area contributed by atoms with E-state index in [1.54, 1.807) is 6.92 Å². The van der Waals surface area contributed by atoms with E-state index < -0.39 is 23.8 Å². The van der Waals surface area contributed by atoms with Gasteiger partial charge in [0.1, 0.15) is 5.00 Å². The maximum absolute atomic E-state index is 12.8. The van der Waals surface area contributed by atoms with Crippen LogP contribution in [-0.4, -0.2) is 29.6 Å². The lowest BCUT2D eigenvalue weighted by Gasteiger charge is -2.23. The van der Waals surface area contributed by atoms with Gasteiger partial charge in [0.05, 0.1) is 24.0 Å². The van der Waals surface area contributed by atoms with Crippen molar-refractivity contribution in [3.63, 3.8) is 0 Å². The zero-order chi connectivity index (χ0) is 18.3. The molecule has 1 amide bonds. The Morgan fingerprint density at radius 1 is 1.24 bits per heavy atom. The first-order valence-electron chi connectivity index (χ1n) is 8.34. The lowest BCUT2D eigenvalue weighted by atomic mass is 9.82. The predicted molar refractivity (Wildman–Crippen MR) is 93.7 cm³/mol. The molecule has 2 N–H and O–H groups in total. The molecule has 25 heavy (non-hydrogen) atoms. The van der Waals surface area contributed by atoms with Crippen molar-refractivity contribution in [3.8, 4) is 0 Å². The summed E-state index contributed by atoms with van der Waals surface area (Å²) in [6, 6.07) is 0. The van der Waals surface area contributed by atoms with Crippen molar-refractivity contribution in [2.24, 2.45) is 23.7 Å². The Hall–Kier alpha value is -2.15. The van der Waals surface area contributed by atoms with Crippen LogP contribution in [0.1, 0.15) is 34.1 Å². The van der Waals surface area contributed by atoms with Crippen LogP contribution < -0.4 is 5.32 Å².